The average Bonchev–Trinajstić information content (AvgIpc) is 2.27. The van der Waals surface area contributed by atoms with Crippen molar-refractivity contribution in [3.63, 3.8) is 0 Å². The van der Waals surface area contributed by atoms with E-state index in [9.17, 15) is 4.79 Å². The first-order valence-corrected chi connectivity index (χ1v) is 5.34. The highest BCUT2D eigenvalue weighted by Gasteiger charge is 2.39. The van der Waals surface area contributed by atoms with E-state index >= 15 is 0 Å². The smallest absolute Gasteiger partial charge is 0.228 e. The van der Waals surface area contributed by atoms with Gasteiger partial charge in [0.2, 0.25) is 5.91 Å². The van der Waals surface area contributed by atoms with Crippen molar-refractivity contribution in [1.29, 1.82) is 0 Å². The van der Waals surface area contributed by atoms with Crippen LogP contribution in [0.25, 0.3) is 0 Å². The number of carbonyl (C=O) groups is 1. The van der Waals surface area contributed by atoms with Gasteiger partial charge in [0.25, 0.3) is 0 Å². The molecular formula is C11H21ClN2O2. The minimum atomic E-state index is -0.344. The number of carbonyl (C=O) groups excluding carboxylic acids is 1. The van der Waals surface area contributed by atoms with Crippen LogP contribution in [-0.4, -0.2) is 39.3 Å². The predicted octanol–water partition coefficient (Wildman–Crippen LogP) is 0.727. The molecule has 16 heavy (non-hydrogen) atoms. The summed E-state index contributed by atoms with van der Waals surface area (Å²) in [6.45, 7) is 6.37. The molecule has 0 aromatic heterocycles. The zero-order valence-corrected chi connectivity index (χ0v) is 10.6. The fraction of sp³-hybridized carbons (Fsp3) is 0.727. The molecule has 1 saturated heterocycles. The Hall–Kier alpha value is -0.580. The number of halogens is 1. The average molecular weight is 249 g/mol. The van der Waals surface area contributed by atoms with Crippen LogP contribution in [0, 0.1) is 5.41 Å². The zero-order valence-electron chi connectivity index (χ0n) is 9.75. The fourth-order valence-electron chi connectivity index (χ4n) is 1.97. The number of hydrogen-bond donors (Lipinski definition) is 2. The summed E-state index contributed by atoms with van der Waals surface area (Å²) in [5.74, 6) is 0.0887. The van der Waals surface area contributed by atoms with E-state index in [4.69, 9.17) is 4.74 Å². The lowest BCUT2D eigenvalue weighted by molar-refractivity contribution is -0.135. The summed E-state index contributed by atoms with van der Waals surface area (Å²) in [7, 11) is 1.64. The number of piperidine rings is 1. The van der Waals surface area contributed by atoms with Gasteiger partial charge in [-0.25, -0.2) is 0 Å². The van der Waals surface area contributed by atoms with Gasteiger partial charge in [0.05, 0.1) is 12.0 Å². The number of methoxy groups -OCH3 is 1. The minimum Gasteiger partial charge on any atom is -0.384 e. The molecule has 0 aliphatic carbocycles. The Bertz CT molecular complexity index is 223. The highest BCUT2D eigenvalue weighted by molar-refractivity contribution is 5.85. The second-order valence-corrected chi connectivity index (χ2v) is 3.96. The number of nitrogens with one attached hydrogen (secondary N) is 2. The van der Waals surface area contributed by atoms with Gasteiger partial charge in [-0.05, 0) is 25.9 Å². The van der Waals surface area contributed by atoms with Gasteiger partial charge in [-0.2, -0.15) is 0 Å². The molecule has 5 heteroatoms. The molecule has 0 saturated carbocycles. The minimum absolute atomic E-state index is 0. The van der Waals surface area contributed by atoms with Gasteiger partial charge < -0.3 is 15.4 Å². The molecule has 0 unspecified atom stereocenters. The maximum Gasteiger partial charge on any atom is 0.228 e. The lowest BCUT2D eigenvalue weighted by atomic mass is 9.78. The highest BCUT2D eigenvalue weighted by atomic mass is 35.5. The van der Waals surface area contributed by atoms with Crippen molar-refractivity contribution in [2.75, 3.05) is 33.4 Å². The van der Waals surface area contributed by atoms with Crippen LogP contribution in [0.1, 0.15) is 12.8 Å². The molecule has 1 amide bonds. The fourth-order valence-corrected chi connectivity index (χ4v) is 1.97. The van der Waals surface area contributed by atoms with E-state index in [1.807, 2.05) is 0 Å². The van der Waals surface area contributed by atoms with Crippen molar-refractivity contribution < 1.29 is 9.53 Å². The molecule has 0 bridgehead atoms. The van der Waals surface area contributed by atoms with Gasteiger partial charge in [0, 0.05) is 13.7 Å². The second kappa shape index (κ2) is 7.65. The Kier molecular flexibility index (Phi) is 7.38. The molecule has 0 aromatic carbocycles. The Morgan fingerprint density at radius 1 is 1.56 bits per heavy atom. The van der Waals surface area contributed by atoms with E-state index in [-0.39, 0.29) is 23.7 Å². The third kappa shape index (κ3) is 3.77. The molecule has 0 aromatic rings. The van der Waals surface area contributed by atoms with E-state index < -0.39 is 0 Å². The normalized spacial score (nSPS) is 18.3. The third-order valence-corrected chi connectivity index (χ3v) is 2.87. The molecule has 1 aliphatic rings. The summed E-state index contributed by atoms with van der Waals surface area (Å²) in [5, 5.41) is 6.12. The first-order valence-electron chi connectivity index (χ1n) is 5.34. The lowest BCUT2D eigenvalue weighted by Crippen LogP contribution is -2.50. The van der Waals surface area contributed by atoms with Gasteiger partial charge in [0.1, 0.15) is 0 Å². The molecule has 0 atom stereocenters. The summed E-state index contributed by atoms with van der Waals surface area (Å²) in [4.78, 5) is 12.0. The van der Waals surface area contributed by atoms with Gasteiger partial charge in [-0.3, -0.25) is 4.79 Å². The summed E-state index contributed by atoms with van der Waals surface area (Å²) in [6.07, 6.45) is 3.37. The predicted molar refractivity (Wildman–Crippen MR) is 66.9 cm³/mol. The van der Waals surface area contributed by atoms with E-state index in [2.05, 4.69) is 17.2 Å². The number of hydrogen-bond acceptors (Lipinski definition) is 3. The summed E-state index contributed by atoms with van der Waals surface area (Å²) in [6, 6.07) is 0. The number of rotatable bonds is 5. The SMILES string of the molecule is C=CCNC(=O)C1(COC)CCNCC1.Cl. The van der Waals surface area contributed by atoms with Crippen molar-refractivity contribution in [3.05, 3.63) is 12.7 Å². The van der Waals surface area contributed by atoms with Gasteiger partial charge in [-0.1, -0.05) is 6.08 Å². The van der Waals surface area contributed by atoms with Crippen LogP contribution in [0.3, 0.4) is 0 Å². The summed E-state index contributed by atoms with van der Waals surface area (Å²) in [5.41, 5.74) is -0.344. The molecular weight excluding hydrogens is 228 g/mol. The maximum absolute atomic E-state index is 12.0. The van der Waals surface area contributed by atoms with Crippen LogP contribution in [-0.2, 0) is 9.53 Å². The van der Waals surface area contributed by atoms with E-state index in [0.29, 0.717) is 13.2 Å². The van der Waals surface area contributed by atoms with Crippen LogP contribution >= 0.6 is 12.4 Å². The topological polar surface area (TPSA) is 50.4 Å². The van der Waals surface area contributed by atoms with Crippen molar-refractivity contribution in [3.8, 4) is 0 Å². The van der Waals surface area contributed by atoms with Crippen molar-refractivity contribution in [2.24, 2.45) is 5.41 Å². The van der Waals surface area contributed by atoms with Crippen LogP contribution < -0.4 is 10.6 Å². The van der Waals surface area contributed by atoms with E-state index in [0.717, 1.165) is 25.9 Å². The number of amides is 1. The van der Waals surface area contributed by atoms with Crippen LogP contribution in [0.5, 0.6) is 0 Å². The highest BCUT2D eigenvalue weighted by Crippen LogP contribution is 2.29. The van der Waals surface area contributed by atoms with Gasteiger partial charge in [0.15, 0.2) is 0 Å². The molecule has 1 rings (SSSR count). The lowest BCUT2D eigenvalue weighted by Gasteiger charge is -2.35. The third-order valence-electron chi connectivity index (χ3n) is 2.87. The standard InChI is InChI=1S/C11H20N2O2.ClH/c1-3-6-13-10(14)11(9-15-2)4-7-12-8-5-11;/h3,12H,1,4-9H2,2H3,(H,13,14);1H. The Balaban J connectivity index is 0.00000225. The largest absolute Gasteiger partial charge is 0.384 e. The molecule has 4 nitrogen and oxygen atoms in total. The van der Waals surface area contributed by atoms with Crippen molar-refractivity contribution in [1.82, 2.24) is 10.6 Å². The monoisotopic (exact) mass is 248 g/mol. The summed E-state index contributed by atoms with van der Waals surface area (Å²) < 4.78 is 5.17. The van der Waals surface area contributed by atoms with E-state index in [1.165, 1.54) is 0 Å². The molecule has 0 spiro atoms. The molecule has 1 fully saturated rings. The van der Waals surface area contributed by atoms with Crippen LogP contribution in [0.2, 0.25) is 0 Å². The quantitative estimate of drug-likeness (QED) is 0.706. The second-order valence-electron chi connectivity index (χ2n) is 3.96. The van der Waals surface area contributed by atoms with Gasteiger partial charge >= 0.3 is 0 Å². The molecule has 1 aliphatic heterocycles. The van der Waals surface area contributed by atoms with Crippen molar-refractivity contribution in [2.45, 2.75) is 12.8 Å². The molecule has 1 heterocycles. The maximum atomic E-state index is 12.0. The van der Waals surface area contributed by atoms with Crippen LogP contribution in [0.4, 0.5) is 0 Å². The van der Waals surface area contributed by atoms with E-state index in [1.54, 1.807) is 13.2 Å². The van der Waals surface area contributed by atoms with Crippen molar-refractivity contribution >= 4 is 18.3 Å². The van der Waals surface area contributed by atoms with Gasteiger partial charge in [-0.15, -0.1) is 19.0 Å². The molecule has 2 N–H and O–H groups in total. The molecule has 0 radical (unpaired) electrons. The Morgan fingerprint density at radius 3 is 2.69 bits per heavy atom. The summed E-state index contributed by atoms with van der Waals surface area (Å²) >= 11 is 0. The molecule has 94 valence electrons. The zero-order chi connectivity index (χ0) is 11.1. The first-order chi connectivity index (χ1) is 7.25. The van der Waals surface area contributed by atoms with Crippen LogP contribution in [0.15, 0.2) is 12.7 Å². The first kappa shape index (κ1) is 15.4. The Labute approximate surface area is 103 Å². The Morgan fingerprint density at radius 2 is 2.19 bits per heavy atom. The number of ether oxygens (including phenoxy) is 1.